The third-order valence-corrected chi connectivity index (χ3v) is 2.56. The maximum Gasteiger partial charge on any atom is 0.138 e. The molecule has 0 spiro atoms. The lowest BCUT2D eigenvalue weighted by atomic mass is 10.2. The summed E-state index contributed by atoms with van der Waals surface area (Å²) in [7, 11) is 1.66. The fourth-order valence-corrected chi connectivity index (χ4v) is 1.65. The van der Waals surface area contributed by atoms with Gasteiger partial charge < -0.3 is 10.5 Å². The fraction of sp³-hybridized carbons (Fsp3) is 0.333. The Labute approximate surface area is 100 Å². The van der Waals surface area contributed by atoms with E-state index < -0.39 is 0 Å². The number of hydrogen-bond acceptors (Lipinski definition) is 4. The molecule has 2 aromatic rings. The first-order chi connectivity index (χ1) is 8.33. The Balaban J connectivity index is 2.10. The predicted octanol–water partition coefficient (Wildman–Crippen LogP) is 0.836. The van der Waals surface area contributed by atoms with E-state index in [0.29, 0.717) is 13.1 Å². The average molecular weight is 232 g/mol. The van der Waals surface area contributed by atoms with Crippen molar-refractivity contribution in [3.05, 3.63) is 42.0 Å². The van der Waals surface area contributed by atoms with E-state index in [0.717, 1.165) is 23.6 Å². The lowest BCUT2D eigenvalue weighted by molar-refractivity contribution is 0.414. The van der Waals surface area contributed by atoms with E-state index in [1.54, 1.807) is 13.4 Å². The first-order valence-electron chi connectivity index (χ1n) is 5.53. The highest BCUT2D eigenvalue weighted by atomic mass is 16.5. The van der Waals surface area contributed by atoms with Crippen LogP contribution in [0, 0.1) is 0 Å². The van der Waals surface area contributed by atoms with E-state index in [2.05, 4.69) is 10.1 Å². The van der Waals surface area contributed by atoms with Crippen molar-refractivity contribution < 1.29 is 4.74 Å². The highest BCUT2D eigenvalue weighted by Crippen LogP contribution is 2.12. The van der Waals surface area contributed by atoms with Crippen LogP contribution in [0.4, 0.5) is 0 Å². The molecular formula is C12H16N4O. The summed E-state index contributed by atoms with van der Waals surface area (Å²) in [6.45, 7) is 1.29. The second-order valence-corrected chi connectivity index (χ2v) is 3.72. The Morgan fingerprint density at radius 3 is 2.71 bits per heavy atom. The fourth-order valence-electron chi connectivity index (χ4n) is 1.65. The minimum Gasteiger partial charge on any atom is -0.497 e. The van der Waals surface area contributed by atoms with Gasteiger partial charge >= 0.3 is 0 Å². The molecule has 0 atom stereocenters. The Hall–Kier alpha value is -1.88. The molecule has 0 aliphatic carbocycles. The topological polar surface area (TPSA) is 66.0 Å². The Morgan fingerprint density at radius 1 is 1.29 bits per heavy atom. The molecule has 0 radical (unpaired) electrons. The van der Waals surface area contributed by atoms with Gasteiger partial charge in [-0.05, 0) is 24.2 Å². The molecule has 2 N–H and O–H groups in total. The van der Waals surface area contributed by atoms with Crippen molar-refractivity contribution >= 4 is 0 Å². The van der Waals surface area contributed by atoms with Crippen molar-refractivity contribution in [3.63, 3.8) is 0 Å². The summed E-state index contributed by atoms with van der Waals surface area (Å²) in [5.74, 6) is 1.78. The van der Waals surface area contributed by atoms with Gasteiger partial charge in [-0.2, -0.15) is 5.10 Å². The van der Waals surface area contributed by atoms with Crippen LogP contribution in [0.1, 0.15) is 11.4 Å². The molecule has 0 bridgehead atoms. The normalized spacial score (nSPS) is 10.5. The van der Waals surface area contributed by atoms with E-state index in [4.69, 9.17) is 10.5 Å². The van der Waals surface area contributed by atoms with Gasteiger partial charge in [0.2, 0.25) is 0 Å². The van der Waals surface area contributed by atoms with Gasteiger partial charge in [0, 0.05) is 6.42 Å². The first kappa shape index (κ1) is 11.6. The van der Waals surface area contributed by atoms with Crippen LogP contribution < -0.4 is 10.5 Å². The molecule has 17 heavy (non-hydrogen) atoms. The van der Waals surface area contributed by atoms with Crippen LogP contribution in [0.2, 0.25) is 0 Å². The van der Waals surface area contributed by atoms with Crippen LogP contribution in [-0.4, -0.2) is 28.4 Å². The minimum atomic E-state index is 0.585. The second kappa shape index (κ2) is 5.45. The molecule has 2 rings (SSSR count). The van der Waals surface area contributed by atoms with Crippen LogP contribution >= 0.6 is 0 Å². The Bertz CT molecular complexity index is 464. The van der Waals surface area contributed by atoms with Crippen LogP contribution in [0.25, 0.3) is 0 Å². The van der Waals surface area contributed by atoms with Crippen LogP contribution in [0.15, 0.2) is 30.6 Å². The van der Waals surface area contributed by atoms with Crippen molar-refractivity contribution in [1.29, 1.82) is 0 Å². The molecule has 1 aromatic heterocycles. The van der Waals surface area contributed by atoms with Gasteiger partial charge in [-0.1, -0.05) is 12.1 Å². The SMILES string of the molecule is COc1ccc(Cn2ncnc2CCN)cc1. The number of aromatic nitrogens is 3. The summed E-state index contributed by atoms with van der Waals surface area (Å²) < 4.78 is 6.99. The molecule has 0 aliphatic rings. The quantitative estimate of drug-likeness (QED) is 0.829. The van der Waals surface area contributed by atoms with E-state index in [-0.39, 0.29) is 0 Å². The maximum absolute atomic E-state index is 5.52. The van der Waals surface area contributed by atoms with Gasteiger partial charge in [-0.3, -0.25) is 0 Å². The Kier molecular flexibility index (Phi) is 3.72. The van der Waals surface area contributed by atoms with E-state index >= 15 is 0 Å². The van der Waals surface area contributed by atoms with E-state index in [9.17, 15) is 0 Å². The third-order valence-electron chi connectivity index (χ3n) is 2.56. The largest absolute Gasteiger partial charge is 0.497 e. The molecule has 0 saturated carbocycles. The molecule has 90 valence electrons. The second-order valence-electron chi connectivity index (χ2n) is 3.72. The minimum absolute atomic E-state index is 0.585. The van der Waals surface area contributed by atoms with Crippen molar-refractivity contribution in [2.24, 2.45) is 5.73 Å². The summed E-state index contributed by atoms with van der Waals surface area (Å²) in [5, 5.41) is 4.19. The standard InChI is InChI=1S/C12H16N4O/c1-17-11-4-2-10(3-5-11)8-16-12(6-7-13)14-9-15-16/h2-5,9H,6-8,13H2,1H3. The summed E-state index contributed by atoms with van der Waals surface area (Å²) in [6.07, 6.45) is 2.31. The van der Waals surface area contributed by atoms with E-state index in [1.807, 2.05) is 28.9 Å². The van der Waals surface area contributed by atoms with Crippen molar-refractivity contribution in [1.82, 2.24) is 14.8 Å². The van der Waals surface area contributed by atoms with Crippen LogP contribution in [-0.2, 0) is 13.0 Å². The monoisotopic (exact) mass is 232 g/mol. The maximum atomic E-state index is 5.52. The van der Waals surface area contributed by atoms with Gasteiger partial charge in [-0.15, -0.1) is 0 Å². The third kappa shape index (κ3) is 2.82. The number of nitrogens with zero attached hydrogens (tertiary/aromatic N) is 3. The zero-order valence-electron chi connectivity index (χ0n) is 9.84. The molecule has 1 heterocycles. The number of methoxy groups -OCH3 is 1. The zero-order valence-corrected chi connectivity index (χ0v) is 9.84. The number of nitrogens with two attached hydrogens (primary N) is 1. The zero-order chi connectivity index (χ0) is 12.1. The summed E-state index contributed by atoms with van der Waals surface area (Å²) in [5.41, 5.74) is 6.68. The van der Waals surface area contributed by atoms with Gasteiger partial charge in [0.25, 0.3) is 0 Å². The number of rotatable bonds is 5. The molecule has 0 aliphatic heterocycles. The predicted molar refractivity (Wildman–Crippen MR) is 64.9 cm³/mol. The molecule has 1 aromatic carbocycles. The van der Waals surface area contributed by atoms with Gasteiger partial charge in [-0.25, -0.2) is 9.67 Å². The van der Waals surface area contributed by atoms with Crippen LogP contribution in [0.5, 0.6) is 5.75 Å². The molecule has 0 amide bonds. The smallest absolute Gasteiger partial charge is 0.138 e. The lowest BCUT2D eigenvalue weighted by Gasteiger charge is -2.06. The lowest BCUT2D eigenvalue weighted by Crippen LogP contribution is -2.11. The van der Waals surface area contributed by atoms with Gasteiger partial charge in [0.15, 0.2) is 0 Å². The number of hydrogen-bond donors (Lipinski definition) is 1. The molecule has 5 heteroatoms. The van der Waals surface area contributed by atoms with Gasteiger partial charge in [0.05, 0.1) is 13.7 Å². The summed E-state index contributed by atoms with van der Waals surface area (Å²) >= 11 is 0. The van der Waals surface area contributed by atoms with E-state index in [1.165, 1.54) is 0 Å². The van der Waals surface area contributed by atoms with Crippen molar-refractivity contribution in [2.75, 3.05) is 13.7 Å². The first-order valence-corrected chi connectivity index (χ1v) is 5.53. The molecule has 5 nitrogen and oxygen atoms in total. The summed E-state index contributed by atoms with van der Waals surface area (Å²) in [4.78, 5) is 4.18. The molecular weight excluding hydrogens is 216 g/mol. The average Bonchev–Trinajstić information content (AvgIpc) is 2.78. The molecule has 0 fully saturated rings. The summed E-state index contributed by atoms with van der Waals surface area (Å²) in [6, 6.07) is 7.92. The highest BCUT2D eigenvalue weighted by Gasteiger charge is 2.04. The molecule has 0 unspecified atom stereocenters. The van der Waals surface area contributed by atoms with Gasteiger partial charge in [0.1, 0.15) is 17.9 Å². The van der Waals surface area contributed by atoms with Crippen LogP contribution in [0.3, 0.4) is 0 Å². The number of benzene rings is 1. The molecule has 0 saturated heterocycles. The highest BCUT2D eigenvalue weighted by molar-refractivity contribution is 5.27. The van der Waals surface area contributed by atoms with Crippen molar-refractivity contribution in [2.45, 2.75) is 13.0 Å². The Morgan fingerprint density at radius 2 is 2.06 bits per heavy atom. The number of ether oxygens (including phenoxy) is 1. The van der Waals surface area contributed by atoms with Crippen molar-refractivity contribution in [3.8, 4) is 5.75 Å².